The molecular formula is C16H22N2O2. The number of fused-ring (bicyclic) bond motifs is 1. The van der Waals surface area contributed by atoms with Gasteiger partial charge in [0.2, 0.25) is 0 Å². The predicted molar refractivity (Wildman–Crippen MR) is 77.3 cm³/mol. The van der Waals surface area contributed by atoms with Crippen LogP contribution in [0.15, 0.2) is 30.3 Å². The molecule has 2 fully saturated rings. The standard InChI is InChI=1S/C16H22N2O2/c19-16(20-12-13-5-2-1-3-6-13)18-10-4-7-14-11-17-9-8-15(14)18/h1-3,5-6,14-15,17H,4,7-12H2. The molecular weight excluding hydrogens is 252 g/mol. The van der Waals surface area contributed by atoms with Crippen LogP contribution >= 0.6 is 0 Å². The van der Waals surface area contributed by atoms with Crippen LogP contribution in [0.25, 0.3) is 0 Å². The number of hydrogen-bond donors (Lipinski definition) is 1. The summed E-state index contributed by atoms with van der Waals surface area (Å²) in [5, 5.41) is 3.42. The molecule has 2 saturated heterocycles. The lowest BCUT2D eigenvalue weighted by molar-refractivity contribution is 0.0383. The molecule has 3 rings (SSSR count). The van der Waals surface area contributed by atoms with Gasteiger partial charge in [-0.15, -0.1) is 0 Å². The van der Waals surface area contributed by atoms with Crippen LogP contribution in [-0.4, -0.2) is 36.7 Å². The van der Waals surface area contributed by atoms with Gasteiger partial charge in [0.15, 0.2) is 0 Å². The molecule has 0 aromatic heterocycles. The van der Waals surface area contributed by atoms with E-state index in [9.17, 15) is 4.79 Å². The molecule has 2 aliphatic heterocycles. The number of rotatable bonds is 2. The second-order valence-electron chi connectivity index (χ2n) is 5.70. The first-order valence-electron chi connectivity index (χ1n) is 7.52. The molecule has 1 aromatic rings. The summed E-state index contributed by atoms with van der Waals surface area (Å²) in [4.78, 5) is 14.3. The van der Waals surface area contributed by atoms with Gasteiger partial charge in [-0.2, -0.15) is 0 Å². The summed E-state index contributed by atoms with van der Waals surface area (Å²) in [7, 11) is 0. The van der Waals surface area contributed by atoms with Crippen molar-refractivity contribution in [1.29, 1.82) is 0 Å². The Kier molecular flexibility index (Phi) is 4.21. The summed E-state index contributed by atoms with van der Waals surface area (Å²) in [5.41, 5.74) is 1.04. The number of carbonyl (C=O) groups is 1. The summed E-state index contributed by atoms with van der Waals surface area (Å²) in [6.45, 7) is 3.25. The van der Waals surface area contributed by atoms with E-state index in [1.165, 1.54) is 6.42 Å². The molecule has 0 aliphatic carbocycles. The first-order chi connectivity index (χ1) is 9.84. The second-order valence-corrected chi connectivity index (χ2v) is 5.70. The normalized spacial score (nSPS) is 25.9. The van der Waals surface area contributed by atoms with E-state index in [-0.39, 0.29) is 6.09 Å². The maximum atomic E-state index is 12.3. The third kappa shape index (κ3) is 2.96. The Balaban J connectivity index is 1.58. The van der Waals surface area contributed by atoms with Crippen LogP contribution < -0.4 is 5.32 Å². The summed E-state index contributed by atoms with van der Waals surface area (Å²) in [6, 6.07) is 10.2. The van der Waals surface area contributed by atoms with Crippen molar-refractivity contribution in [3.63, 3.8) is 0 Å². The van der Waals surface area contributed by atoms with Crippen molar-refractivity contribution in [2.24, 2.45) is 5.92 Å². The average molecular weight is 274 g/mol. The smallest absolute Gasteiger partial charge is 0.410 e. The fourth-order valence-corrected chi connectivity index (χ4v) is 3.33. The number of nitrogens with zero attached hydrogens (tertiary/aromatic N) is 1. The van der Waals surface area contributed by atoms with E-state index in [2.05, 4.69) is 5.32 Å². The van der Waals surface area contributed by atoms with Crippen molar-refractivity contribution >= 4 is 6.09 Å². The minimum absolute atomic E-state index is 0.148. The quantitative estimate of drug-likeness (QED) is 0.900. The van der Waals surface area contributed by atoms with Crippen molar-refractivity contribution in [1.82, 2.24) is 10.2 Å². The van der Waals surface area contributed by atoms with E-state index >= 15 is 0 Å². The maximum absolute atomic E-state index is 12.3. The molecule has 108 valence electrons. The zero-order chi connectivity index (χ0) is 13.8. The highest BCUT2D eigenvalue weighted by molar-refractivity contribution is 5.68. The largest absolute Gasteiger partial charge is 0.445 e. The topological polar surface area (TPSA) is 41.6 Å². The van der Waals surface area contributed by atoms with Crippen LogP contribution in [0.3, 0.4) is 0 Å². The van der Waals surface area contributed by atoms with Gasteiger partial charge < -0.3 is 15.0 Å². The van der Waals surface area contributed by atoms with Crippen molar-refractivity contribution < 1.29 is 9.53 Å². The molecule has 2 atom stereocenters. The summed E-state index contributed by atoms with van der Waals surface area (Å²) >= 11 is 0. The lowest BCUT2D eigenvalue weighted by atomic mass is 9.85. The van der Waals surface area contributed by atoms with E-state index in [1.54, 1.807) is 0 Å². The molecule has 2 heterocycles. The summed E-state index contributed by atoms with van der Waals surface area (Å²) < 4.78 is 5.48. The number of hydrogen-bond acceptors (Lipinski definition) is 3. The zero-order valence-corrected chi connectivity index (χ0v) is 11.8. The Morgan fingerprint density at radius 1 is 1.30 bits per heavy atom. The van der Waals surface area contributed by atoms with Crippen LogP contribution in [0, 0.1) is 5.92 Å². The molecule has 0 bridgehead atoms. The van der Waals surface area contributed by atoms with Crippen LogP contribution in [-0.2, 0) is 11.3 Å². The summed E-state index contributed by atoms with van der Waals surface area (Å²) in [5.74, 6) is 0.599. The van der Waals surface area contributed by atoms with E-state index in [0.717, 1.165) is 38.0 Å². The molecule has 0 saturated carbocycles. The lowest BCUT2D eigenvalue weighted by Crippen LogP contribution is -2.54. The molecule has 0 radical (unpaired) electrons. The van der Waals surface area contributed by atoms with Crippen molar-refractivity contribution in [2.75, 3.05) is 19.6 Å². The highest BCUT2D eigenvalue weighted by Crippen LogP contribution is 2.28. The minimum Gasteiger partial charge on any atom is -0.445 e. The molecule has 2 aliphatic rings. The second kappa shape index (κ2) is 6.27. The number of nitrogens with one attached hydrogen (secondary N) is 1. The van der Waals surface area contributed by atoms with Gasteiger partial charge in [0.25, 0.3) is 0 Å². The highest BCUT2D eigenvalue weighted by atomic mass is 16.6. The van der Waals surface area contributed by atoms with Gasteiger partial charge in [0.05, 0.1) is 0 Å². The SMILES string of the molecule is O=C(OCc1ccccc1)N1CCCC2CNCCC21. The zero-order valence-electron chi connectivity index (χ0n) is 11.8. The van der Waals surface area contributed by atoms with E-state index in [1.807, 2.05) is 35.2 Å². The first kappa shape index (κ1) is 13.4. The number of piperidine rings is 2. The van der Waals surface area contributed by atoms with Gasteiger partial charge in [0, 0.05) is 12.6 Å². The Morgan fingerprint density at radius 2 is 2.15 bits per heavy atom. The van der Waals surface area contributed by atoms with Crippen molar-refractivity contribution in [3.8, 4) is 0 Å². The Morgan fingerprint density at radius 3 is 3.00 bits per heavy atom. The number of ether oxygens (including phenoxy) is 1. The molecule has 1 aromatic carbocycles. The highest BCUT2D eigenvalue weighted by Gasteiger charge is 2.36. The van der Waals surface area contributed by atoms with Gasteiger partial charge in [-0.3, -0.25) is 0 Å². The molecule has 4 heteroatoms. The molecule has 2 unspecified atom stereocenters. The number of carbonyl (C=O) groups excluding carboxylic acids is 1. The van der Waals surface area contributed by atoms with Gasteiger partial charge >= 0.3 is 6.09 Å². The fraction of sp³-hybridized carbons (Fsp3) is 0.562. The molecule has 1 N–H and O–H groups in total. The van der Waals surface area contributed by atoms with Gasteiger partial charge in [-0.05, 0) is 43.8 Å². The van der Waals surface area contributed by atoms with E-state index in [0.29, 0.717) is 18.6 Å². The van der Waals surface area contributed by atoms with E-state index in [4.69, 9.17) is 4.74 Å². The fourth-order valence-electron chi connectivity index (χ4n) is 3.33. The van der Waals surface area contributed by atoms with E-state index < -0.39 is 0 Å². The van der Waals surface area contributed by atoms with Gasteiger partial charge in [-0.25, -0.2) is 4.79 Å². The number of likely N-dealkylation sites (tertiary alicyclic amines) is 1. The Bertz CT molecular complexity index is 447. The van der Waals surface area contributed by atoms with Crippen LogP contribution in [0.4, 0.5) is 4.79 Å². The van der Waals surface area contributed by atoms with Gasteiger partial charge in [0.1, 0.15) is 6.61 Å². The maximum Gasteiger partial charge on any atom is 0.410 e. The monoisotopic (exact) mass is 274 g/mol. The third-order valence-electron chi connectivity index (χ3n) is 4.38. The molecule has 20 heavy (non-hydrogen) atoms. The molecule has 0 spiro atoms. The van der Waals surface area contributed by atoms with Gasteiger partial charge in [-0.1, -0.05) is 30.3 Å². The Labute approximate surface area is 120 Å². The minimum atomic E-state index is -0.148. The predicted octanol–water partition coefficient (Wildman–Crippen LogP) is 2.40. The number of benzene rings is 1. The van der Waals surface area contributed by atoms with Crippen molar-refractivity contribution in [2.45, 2.75) is 31.9 Å². The summed E-state index contributed by atoms with van der Waals surface area (Å²) in [6.07, 6.45) is 3.21. The first-order valence-corrected chi connectivity index (χ1v) is 7.52. The molecule has 4 nitrogen and oxygen atoms in total. The van der Waals surface area contributed by atoms with Crippen LogP contribution in [0.2, 0.25) is 0 Å². The molecule has 1 amide bonds. The average Bonchev–Trinajstić information content (AvgIpc) is 2.53. The third-order valence-corrected chi connectivity index (χ3v) is 4.38. The lowest BCUT2D eigenvalue weighted by Gasteiger charge is -2.43. The van der Waals surface area contributed by atoms with Crippen molar-refractivity contribution in [3.05, 3.63) is 35.9 Å². The van der Waals surface area contributed by atoms with Crippen LogP contribution in [0.1, 0.15) is 24.8 Å². The Hall–Kier alpha value is -1.55. The number of amides is 1. The van der Waals surface area contributed by atoms with Crippen LogP contribution in [0.5, 0.6) is 0 Å².